The third-order valence-electron chi connectivity index (χ3n) is 4.46. The number of fused-ring (bicyclic) bond motifs is 1. The molecule has 29 heavy (non-hydrogen) atoms. The van der Waals surface area contributed by atoms with Crippen LogP contribution in [0, 0.1) is 6.92 Å². The van der Waals surface area contributed by atoms with Crippen molar-refractivity contribution in [2.75, 3.05) is 13.7 Å². The Bertz CT molecular complexity index is 1120. The van der Waals surface area contributed by atoms with Gasteiger partial charge in [0.05, 0.1) is 13.4 Å². The van der Waals surface area contributed by atoms with E-state index in [2.05, 4.69) is 15.1 Å². The summed E-state index contributed by atoms with van der Waals surface area (Å²) in [7, 11) is 3.16. The number of carbonyl (C=O) groups excluding carboxylic acids is 1. The highest BCUT2D eigenvalue weighted by molar-refractivity contribution is 6.31. The maximum Gasteiger partial charge on any atom is 0.280 e. The molecule has 2 aromatic heterocycles. The topological polar surface area (TPSA) is 94.6 Å². The molecule has 0 N–H and O–H groups in total. The summed E-state index contributed by atoms with van der Waals surface area (Å²) < 4.78 is 8.24. The number of benzene rings is 1. The van der Waals surface area contributed by atoms with Crippen LogP contribution >= 0.6 is 11.6 Å². The first kappa shape index (κ1) is 20.5. The molecule has 0 bridgehead atoms. The summed E-state index contributed by atoms with van der Waals surface area (Å²) in [6, 6.07) is 5.71. The van der Waals surface area contributed by atoms with E-state index in [9.17, 15) is 9.59 Å². The molecular formula is C19H21ClN6O3. The van der Waals surface area contributed by atoms with E-state index < -0.39 is 0 Å². The van der Waals surface area contributed by atoms with Gasteiger partial charge in [0.1, 0.15) is 12.9 Å². The zero-order valence-electron chi connectivity index (χ0n) is 16.4. The maximum absolute atomic E-state index is 12.6. The van der Waals surface area contributed by atoms with Crippen LogP contribution in [0.1, 0.15) is 11.1 Å². The van der Waals surface area contributed by atoms with Crippen molar-refractivity contribution in [3.63, 3.8) is 0 Å². The first-order valence-electron chi connectivity index (χ1n) is 8.88. The summed E-state index contributed by atoms with van der Waals surface area (Å²) >= 11 is 6.04. The predicted octanol–water partition coefficient (Wildman–Crippen LogP) is 1.75. The number of nitrogens with zero attached hydrogens (tertiary/aromatic N) is 6. The highest BCUT2D eigenvalue weighted by Crippen LogP contribution is 2.16. The molecule has 0 aliphatic rings. The van der Waals surface area contributed by atoms with Crippen LogP contribution in [0.3, 0.4) is 0 Å². The average molecular weight is 417 g/mol. The Morgan fingerprint density at radius 2 is 2.10 bits per heavy atom. The number of aromatic nitrogens is 4. The zero-order valence-corrected chi connectivity index (χ0v) is 17.1. The fourth-order valence-corrected chi connectivity index (χ4v) is 2.96. The lowest BCUT2D eigenvalue weighted by Gasteiger charge is -2.14. The number of ether oxygens (including phenoxy) is 1. The van der Waals surface area contributed by atoms with Crippen molar-refractivity contribution in [3.05, 3.63) is 57.4 Å². The number of amides is 1. The van der Waals surface area contributed by atoms with E-state index in [0.29, 0.717) is 35.6 Å². The van der Waals surface area contributed by atoms with Crippen molar-refractivity contribution in [2.45, 2.75) is 19.9 Å². The van der Waals surface area contributed by atoms with Gasteiger partial charge in [-0.25, -0.2) is 15.0 Å². The molecule has 0 fully saturated rings. The highest BCUT2D eigenvalue weighted by atomic mass is 35.5. The van der Waals surface area contributed by atoms with Gasteiger partial charge >= 0.3 is 0 Å². The van der Waals surface area contributed by atoms with Gasteiger partial charge in [0.2, 0.25) is 12.3 Å². The van der Waals surface area contributed by atoms with E-state index in [1.165, 1.54) is 29.3 Å². The third-order valence-corrected chi connectivity index (χ3v) is 4.88. The molecule has 152 valence electrons. The first-order valence-corrected chi connectivity index (χ1v) is 9.25. The highest BCUT2D eigenvalue weighted by Gasteiger charge is 2.12. The van der Waals surface area contributed by atoms with Crippen LogP contribution in [0.15, 0.2) is 40.7 Å². The van der Waals surface area contributed by atoms with Crippen LogP contribution in [-0.2, 0) is 29.5 Å². The molecule has 0 atom stereocenters. The predicted molar refractivity (Wildman–Crippen MR) is 110 cm³/mol. The second kappa shape index (κ2) is 8.87. The Morgan fingerprint density at radius 1 is 1.34 bits per heavy atom. The quantitative estimate of drug-likeness (QED) is 0.253. The number of methoxy groups -OCH3 is 1. The Morgan fingerprint density at radius 3 is 2.79 bits per heavy atom. The average Bonchev–Trinajstić information content (AvgIpc) is 3.10. The minimum atomic E-state index is -0.269. The normalized spacial score (nSPS) is 11.7. The molecule has 0 aliphatic carbocycles. The molecule has 3 aromatic rings. The van der Waals surface area contributed by atoms with Gasteiger partial charge in [-0.05, 0) is 30.5 Å². The molecule has 0 aliphatic heterocycles. The Kier molecular flexibility index (Phi) is 6.28. The number of aryl methyl sites for hydroxylation is 2. The number of hydrogen-bond donors (Lipinski definition) is 0. The molecule has 0 radical (unpaired) electrons. The largest absolute Gasteiger partial charge is 0.482 e. The molecule has 10 heteroatoms. The van der Waals surface area contributed by atoms with Gasteiger partial charge in [0.15, 0.2) is 11.2 Å². The second-order valence-corrected chi connectivity index (χ2v) is 6.91. The molecular weight excluding hydrogens is 396 g/mol. The lowest BCUT2D eigenvalue weighted by Crippen LogP contribution is -2.28. The smallest absolute Gasteiger partial charge is 0.280 e. The van der Waals surface area contributed by atoms with Gasteiger partial charge in [0.25, 0.3) is 5.56 Å². The lowest BCUT2D eigenvalue weighted by atomic mass is 10.1. The molecule has 0 saturated carbocycles. The van der Waals surface area contributed by atoms with E-state index in [-0.39, 0.29) is 18.0 Å². The number of hydrogen-bond acceptors (Lipinski definition) is 6. The molecule has 3 rings (SSSR count). The first-order chi connectivity index (χ1) is 13.9. The van der Waals surface area contributed by atoms with Gasteiger partial charge in [0, 0.05) is 18.6 Å². The zero-order chi connectivity index (χ0) is 21.0. The van der Waals surface area contributed by atoms with Crippen molar-refractivity contribution >= 4 is 35.1 Å². The summed E-state index contributed by atoms with van der Waals surface area (Å²) in [4.78, 5) is 32.3. The lowest BCUT2D eigenvalue weighted by molar-refractivity contribution is -0.118. The molecule has 2 heterocycles. The van der Waals surface area contributed by atoms with E-state index in [1.54, 1.807) is 11.6 Å². The standard InChI is InChI=1S/C19H21ClN6O3/c1-13-8-14(4-5-15(13)20)6-7-26(12-27)23-16(29-3)9-25-11-22-18-17(19(25)28)24(2)10-21-18/h4-5,8,10-12H,6-7,9H2,1-3H3/b23-16-. The van der Waals surface area contributed by atoms with Gasteiger partial charge in [-0.2, -0.15) is 0 Å². The van der Waals surface area contributed by atoms with Crippen molar-refractivity contribution in [1.82, 2.24) is 24.1 Å². The molecule has 0 spiro atoms. The Balaban J connectivity index is 1.76. The van der Waals surface area contributed by atoms with Crippen LogP contribution in [0.25, 0.3) is 11.2 Å². The van der Waals surface area contributed by atoms with Crippen LogP contribution in [-0.4, -0.2) is 50.1 Å². The summed E-state index contributed by atoms with van der Waals surface area (Å²) in [6.07, 6.45) is 4.13. The summed E-state index contributed by atoms with van der Waals surface area (Å²) in [5.41, 5.74) is 2.50. The van der Waals surface area contributed by atoms with E-state index >= 15 is 0 Å². The number of imidazole rings is 1. The van der Waals surface area contributed by atoms with E-state index in [0.717, 1.165) is 11.1 Å². The number of halogens is 1. The van der Waals surface area contributed by atoms with Crippen molar-refractivity contribution in [3.8, 4) is 0 Å². The SMILES string of the molecule is CO/C(Cn1cnc2ncn(C)c2c1=O)=N\N(C=O)CCc1ccc(Cl)c(C)c1. The van der Waals surface area contributed by atoms with Gasteiger partial charge < -0.3 is 9.30 Å². The molecule has 9 nitrogen and oxygen atoms in total. The van der Waals surface area contributed by atoms with Crippen molar-refractivity contribution in [2.24, 2.45) is 12.1 Å². The summed E-state index contributed by atoms with van der Waals surface area (Å²) in [5.74, 6) is 0.204. The van der Waals surface area contributed by atoms with Crippen LogP contribution in [0.4, 0.5) is 0 Å². The third kappa shape index (κ3) is 4.62. The monoisotopic (exact) mass is 416 g/mol. The number of carbonyl (C=O) groups is 1. The van der Waals surface area contributed by atoms with Crippen LogP contribution in [0.2, 0.25) is 5.02 Å². The van der Waals surface area contributed by atoms with Crippen LogP contribution < -0.4 is 5.56 Å². The fraction of sp³-hybridized carbons (Fsp3) is 0.316. The minimum absolute atomic E-state index is 0.0356. The van der Waals surface area contributed by atoms with Crippen LogP contribution in [0.5, 0.6) is 0 Å². The molecule has 1 amide bonds. The molecule has 0 unspecified atom stereocenters. The summed E-state index contributed by atoms with van der Waals surface area (Å²) in [6.45, 7) is 2.31. The van der Waals surface area contributed by atoms with Crippen molar-refractivity contribution in [1.29, 1.82) is 0 Å². The summed E-state index contributed by atoms with van der Waals surface area (Å²) in [5, 5.41) is 6.16. The fourth-order valence-electron chi connectivity index (χ4n) is 2.84. The minimum Gasteiger partial charge on any atom is -0.482 e. The molecule has 0 saturated heterocycles. The van der Waals surface area contributed by atoms with Crippen molar-refractivity contribution < 1.29 is 9.53 Å². The van der Waals surface area contributed by atoms with E-state index in [1.807, 2.05) is 25.1 Å². The van der Waals surface area contributed by atoms with Gasteiger partial charge in [-0.1, -0.05) is 23.7 Å². The Labute approximate surface area is 172 Å². The van der Waals surface area contributed by atoms with Gasteiger partial charge in [-0.15, -0.1) is 5.10 Å². The second-order valence-electron chi connectivity index (χ2n) is 6.51. The number of rotatable bonds is 7. The molecule has 1 aromatic carbocycles. The van der Waals surface area contributed by atoms with E-state index in [4.69, 9.17) is 16.3 Å². The number of hydrazone groups is 1. The maximum atomic E-state index is 12.6. The Hall–Kier alpha value is -3.20. The van der Waals surface area contributed by atoms with Gasteiger partial charge in [-0.3, -0.25) is 14.2 Å².